The summed E-state index contributed by atoms with van der Waals surface area (Å²) >= 11 is 0. The monoisotopic (exact) mass is 287 g/mol. The van der Waals surface area contributed by atoms with E-state index in [1.54, 1.807) is 4.90 Å². The molecule has 114 valence electrons. The molecule has 0 spiro atoms. The summed E-state index contributed by atoms with van der Waals surface area (Å²) in [7, 11) is 1.88. The van der Waals surface area contributed by atoms with Crippen molar-refractivity contribution in [3.05, 3.63) is 29.8 Å². The highest BCUT2D eigenvalue weighted by atomic mass is 16.2. The van der Waals surface area contributed by atoms with Gasteiger partial charge in [0.05, 0.1) is 0 Å². The Kier molecular flexibility index (Phi) is 4.32. The van der Waals surface area contributed by atoms with Gasteiger partial charge in [0.25, 0.3) is 0 Å². The van der Waals surface area contributed by atoms with E-state index in [2.05, 4.69) is 34.5 Å². The summed E-state index contributed by atoms with van der Waals surface area (Å²) in [5, 5.41) is 3.05. The highest BCUT2D eigenvalue weighted by Gasteiger charge is 2.25. The lowest BCUT2D eigenvalue weighted by molar-refractivity contribution is 0.206. The maximum Gasteiger partial charge on any atom is 0.317 e. The normalized spacial score (nSPS) is 18.4. The Hall–Kier alpha value is -1.71. The lowest BCUT2D eigenvalue weighted by Crippen LogP contribution is -2.38. The van der Waals surface area contributed by atoms with E-state index in [-0.39, 0.29) is 6.03 Å². The largest absolute Gasteiger partial charge is 0.371 e. The standard InChI is InChI=1S/C17H25N3O/c1-19(17(21)18-15-9-10-15)13-14-7-3-4-8-16(14)20-11-5-2-6-12-20/h3-4,7-8,15H,2,5-6,9-13H2,1H3,(H,18,21). The van der Waals surface area contributed by atoms with E-state index in [0.29, 0.717) is 12.6 Å². The first-order valence-electron chi connectivity index (χ1n) is 8.08. The molecule has 2 amide bonds. The van der Waals surface area contributed by atoms with Crippen LogP contribution in [0, 0.1) is 0 Å². The van der Waals surface area contributed by atoms with Crippen LogP contribution in [0.4, 0.5) is 10.5 Å². The van der Waals surface area contributed by atoms with E-state index < -0.39 is 0 Å². The van der Waals surface area contributed by atoms with Crippen molar-refractivity contribution < 1.29 is 4.79 Å². The molecule has 4 nitrogen and oxygen atoms in total. The van der Waals surface area contributed by atoms with Gasteiger partial charge < -0.3 is 15.1 Å². The van der Waals surface area contributed by atoms with Crippen molar-refractivity contribution in [2.24, 2.45) is 0 Å². The van der Waals surface area contributed by atoms with E-state index in [9.17, 15) is 4.79 Å². The number of para-hydroxylation sites is 1. The van der Waals surface area contributed by atoms with Crippen LogP contribution < -0.4 is 10.2 Å². The van der Waals surface area contributed by atoms with Crippen LogP contribution >= 0.6 is 0 Å². The fraction of sp³-hybridized carbons (Fsp3) is 0.588. The average Bonchev–Trinajstić information content (AvgIpc) is 3.32. The van der Waals surface area contributed by atoms with Gasteiger partial charge in [0.2, 0.25) is 0 Å². The lowest BCUT2D eigenvalue weighted by atomic mass is 10.1. The van der Waals surface area contributed by atoms with Gasteiger partial charge >= 0.3 is 6.03 Å². The van der Waals surface area contributed by atoms with Crippen LogP contribution in [0.5, 0.6) is 0 Å². The summed E-state index contributed by atoms with van der Waals surface area (Å²) in [6.45, 7) is 2.94. The van der Waals surface area contributed by atoms with Crippen molar-refractivity contribution >= 4 is 11.7 Å². The van der Waals surface area contributed by atoms with Gasteiger partial charge in [0, 0.05) is 38.4 Å². The maximum atomic E-state index is 12.1. The second-order valence-corrected chi connectivity index (χ2v) is 6.26. The Morgan fingerprint density at radius 2 is 1.95 bits per heavy atom. The number of urea groups is 1. The third-order valence-corrected chi connectivity index (χ3v) is 4.35. The summed E-state index contributed by atoms with van der Waals surface area (Å²) in [5.41, 5.74) is 2.54. The molecule has 1 aliphatic carbocycles. The second kappa shape index (κ2) is 6.37. The van der Waals surface area contributed by atoms with Gasteiger partial charge in [-0.1, -0.05) is 18.2 Å². The molecule has 1 heterocycles. The number of hydrogen-bond donors (Lipinski definition) is 1. The smallest absolute Gasteiger partial charge is 0.317 e. The summed E-state index contributed by atoms with van der Waals surface area (Å²) in [6, 6.07) is 8.95. The van der Waals surface area contributed by atoms with E-state index in [4.69, 9.17) is 0 Å². The Bertz CT molecular complexity index is 493. The number of benzene rings is 1. The van der Waals surface area contributed by atoms with Crippen molar-refractivity contribution in [2.45, 2.75) is 44.7 Å². The zero-order valence-electron chi connectivity index (χ0n) is 12.8. The number of nitrogens with one attached hydrogen (secondary N) is 1. The Balaban J connectivity index is 1.67. The van der Waals surface area contributed by atoms with E-state index in [1.807, 2.05) is 7.05 Å². The first kappa shape index (κ1) is 14.2. The number of rotatable bonds is 4. The number of amides is 2. The summed E-state index contributed by atoms with van der Waals surface area (Å²) in [6.07, 6.45) is 6.13. The van der Waals surface area contributed by atoms with E-state index in [0.717, 1.165) is 25.9 Å². The minimum atomic E-state index is 0.0472. The summed E-state index contributed by atoms with van der Waals surface area (Å²) < 4.78 is 0. The quantitative estimate of drug-likeness (QED) is 0.924. The third-order valence-electron chi connectivity index (χ3n) is 4.35. The third kappa shape index (κ3) is 3.69. The van der Waals surface area contributed by atoms with Crippen molar-refractivity contribution in [3.8, 4) is 0 Å². The predicted octanol–water partition coefficient (Wildman–Crippen LogP) is 2.98. The highest BCUT2D eigenvalue weighted by molar-refractivity contribution is 5.74. The molecular weight excluding hydrogens is 262 g/mol. The van der Waals surface area contributed by atoms with Crippen LogP contribution in [0.1, 0.15) is 37.7 Å². The molecule has 0 bridgehead atoms. The van der Waals surface area contributed by atoms with Crippen LogP contribution in [0.25, 0.3) is 0 Å². The van der Waals surface area contributed by atoms with Gasteiger partial charge in [0.1, 0.15) is 0 Å². The van der Waals surface area contributed by atoms with Gasteiger partial charge in [-0.3, -0.25) is 0 Å². The minimum Gasteiger partial charge on any atom is -0.371 e. The number of piperidine rings is 1. The molecule has 0 unspecified atom stereocenters. The van der Waals surface area contributed by atoms with Gasteiger partial charge in [-0.2, -0.15) is 0 Å². The van der Waals surface area contributed by atoms with Crippen LogP contribution in [0.3, 0.4) is 0 Å². The number of carbonyl (C=O) groups excluding carboxylic acids is 1. The van der Waals surface area contributed by atoms with Crippen LogP contribution in [0.15, 0.2) is 24.3 Å². The van der Waals surface area contributed by atoms with Crippen molar-refractivity contribution in [1.82, 2.24) is 10.2 Å². The first-order valence-corrected chi connectivity index (χ1v) is 8.08. The Labute approximate surface area is 127 Å². The van der Waals surface area contributed by atoms with Crippen LogP contribution in [0.2, 0.25) is 0 Å². The molecule has 1 aromatic carbocycles. The Morgan fingerprint density at radius 1 is 1.24 bits per heavy atom. The molecule has 1 saturated carbocycles. The predicted molar refractivity (Wildman–Crippen MR) is 85.5 cm³/mol. The number of nitrogens with zero attached hydrogens (tertiary/aromatic N) is 2. The molecule has 21 heavy (non-hydrogen) atoms. The molecule has 0 radical (unpaired) electrons. The molecule has 2 fully saturated rings. The topological polar surface area (TPSA) is 35.6 Å². The molecule has 1 aliphatic heterocycles. The highest BCUT2D eigenvalue weighted by Crippen LogP contribution is 2.25. The molecule has 3 rings (SSSR count). The first-order chi connectivity index (χ1) is 10.2. The summed E-state index contributed by atoms with van der Waals surface area (Å²) in [4.78, 5) is 16.3. The Morgan fingerprint density at radius 3 is 2.67 bits per heavy atom. The molecule has 2 aliphatic rings. The fourth-order valence-corrected chi connectivity index (χ4v) is 2.93. The van der Waals surface area contributed by atoms with Crippen molar-refractivity contribution in [3.63, 3.8) is 0 Å². The zero-order chi connectivity index (χ0) is 14.7. The van der Waals surface area contributed by atoms with Gasteiger partial charge in [-0.15, -0.1) is 0 Å². The molecule has 0 atom stereocenters. The summed E-state index contributed by atoms with van der Waals surface area (Å²) in [5.74, 6) is 0. The van der Waals surface area contributed by atoms with Crippen molar-refractivity contribution in [2.75, 3.05) is 25.0 Å². The molecular formula is C17H25N3O. The van der Waals surface area contributed by atoms with Crippen LogP contribution in [-0.2, 0) is 6.54 Å². The molecule has 4 heteroatoms. The number of anilines is 1. The van der Waals surface area contributed by atoms with Gasteiger partial charge in [-0.25, -0.2) is 4.79 Å². The molecule has 1 N–H and O–H groups in total. The molecule has 0 aromatic heterocycles. The number of hydrogen-bond acceptors (Lipinski definition) is 2. The second-order valence-electron chi connectivity index (χ2n) is 6.26. The molecule has 1 aromatic rings. The zero-order valence-corrected chi connectivity index (χ0v) is 12.8. The fourth-order valence-electron chi connectivity index (χ4n) is 2.93. The number of carbonyl (C=O) groups is 1. The van der Waals surface area contributed by atoms with Gasteiger partial charge in [-0.05, 0) is 43.7 Å². The van der Waals surface area contributed by atoms with Crippen LogP contribution in [-0.4, -0.2) is 37.1 Å². The lowest BCUT2D eigenvalue weighted by Gasteiger charge is -2.31. The van der Waals surface area contributed by atoms with Gasteiger partial charge in [0.15, 0.2) is 0 Å². The van der Waals surface area contributed by atoms with E-state index >= 15 is 0 Å². The van der Waals surface area contributed by atoms with Crippen molar-refractivity contribution in [1.29, 1.82) is 0 Å². The average molecular weight is 287 g/mol. The maximum absolute atomic E-state index is 12.1. The minimum absolute atomic E-state index is 0.0472. The SMILES string of the molecule is CN(Cc1ccccc1N1CCCCC1)C(=O)NC1CC1. The van der Waals surface area contributed by atoms with E-state index in [1.165, 1.54) is 30.5 Å². The molecule has 1 saturated heterocycles.